The van der Waals surface area contributed by atoms with E-state index in [1.54, 1.807) is 0 Å². The highest BCUT2D eigenvalue weighted by molar-refractivity contribution is 5.68. The Balaban J connectivity index is 2.04. The van der Waals surface area contributed by atoms with Gasteiger partial charge in [0.05, 0.1) is 0 Å². The first-order valence-corrected chi connectivity index (χ1v) is 7.21. The van der Waals surface area contributed by atoms with Gasteiger partial charge in [-0.05, 0) is 55.5 Å². The quantitative estimate of drug-likeness (QED) is 0.908. The minimum absolute atomic E-state index is 0.546. The molecule has 1 aromatic heterocycles. The number of benzene rings is 1. The summed E-state index contributed by atoms with van der Waals surface area (Å²) in [6.45, 7) is 5.85. The smallest absolute Gasteiger partial charge is 0.135 e. The molecule has 1 aromatic carbocycles. The Morgan fingerprint density at radius 1 is 1.25 bits per heavy atom. The second-order valence-corrected chi connectivity index (χ2v) is 5.58. The van der Waals surface area contributed by atoms with Crippen LogP contribution in [0, 0.1) is 13.8 Å². The minimum Gasteiger partial charge on any atom is -0.326 e. The summed E-state index contributed by atoms with van der Waals surface area (Å²) in [5.74, 6) is 1.06. The van der Waals surface area contributed by atoms with Crippen molar-refractivity contribution in [3.8, 4) is 0 Å². The normalized spacial score (nSPS) is 14.2. The molecular formula is C17H21N3. The standard InChI is InChI=1S/C17H21N3/c1-12-5-6-16-15(8-12)4-3-7-20(16)17-13(2)9-14(10-18)11-19-17/h5-6,8-9,11H,3-4,7,10,18H2,1-2H3. The maximum Gasteiger partial charge on any atom is 0.135 e. The summed E-state index contributed by atoms with van der Waals surface area (Å²) in [4.78, 5) is 6.98. The van der Waals surface area contributed by atoms with Gasteiger partial charge in [-0.2, -0.15) is 0 Å². The molecule has 3 rings (SSSR count). The molecule has 0 fully saturated rings. The lowest BCUT2D eigenvalue weighted by Crippen LogP contribution is -2.26. The fourth-order valence-corrected chi connectivity index (χ4v) is 2.97. The van der Waals surface area contributed by atoms with Gasteiger partial charge in [-0.15, -0.1) is 0 Å². The molecule has 0 amide bonds. The molecule has 0 saturated carbocycles. The van der Waals surface area contributed by atoms with E-state index in [4.69, 9.17) is 5.73 Å². The molecule has 1 aliphatic heterocycles. The number of nitrogens with zero attached hydrogens (tertiary/aromatic N) is 2. The van der Waals surface area contributed by atoms with Gasteiger partial charge in [0, 0.05) is 25.0 Å². The molecule has 0 spiro atoms. The number of rotatable bonds is 2. The van der Waals surface area contributed by atoms with Crippen molar-refractivity contribution in [1.29, 1.82) is 0 Å². The molecular weight excluding hydrogens is 246 g/mol. The maximum atomic E-state index is 5.69. The topological polar surface area (TPSA) is 42.2 Å². The molecule has 1 aliphatic rings. The number of hydrogen-bond acceptors (Lipinski definition) is 3. The molecule has 0 aliphatic carbocycles. The van der Waals surface area contributed by atoms with Gasteiger partial charge >= 0.3 is 0 Å². The van der Waals surface area contributed by atoms with Crippen LogP contribution in [0.2, 0.25) is 0 Å². The van der Waals surface area contributed by atoms with Crippen molar-refractivity contribution >= 4 is 11.5 Å². The average molecular weight is 267 g/mol. The fraction of sp³-hybridized carbons (Fsp3) is 0.353. The third-order valence-corrected chi connectivity index (χ3v) is 3.95. The van der Waals surface area contributed by atoms with Crippen molar-refractivity contribution in [3.63, 3.8) is 0 Å². The highest BCUT2D eigenvalue weighted by atomic mass is 15.2. The Labute approximate surface area is 120 Å². The predicted molar refractivity (Wildman–Crippen MR) is 83.4 cm³/mol. The van der Waals surface area contributed by atoms with E-state index in [0.29, 0.717) is 6.54 Å². The number of pyridine rings is 1. The number of aromatic nitrogens is 1. The molecule has 2 N–H and O–H groups in total. The van der Waals surface area contributed by atoms with Gasteiger partial charge < -0.3 is 10.6 Å². The molecule has 3 heteroatoms. The van der Waals surface area contributed by atoms with Crippen molar-refractivity contribution < 1.29 is 0 Å². The highest BCUT2D eigenvalue weighted by Gasteiger charge is 2.20. The summed E-state index contributed by atoms with van der Waals surface area (Å²) in [5.41, 5.74) is 12.0. The SMILES string of the molecule is Cc1ccc2c(c1)CCCN2c1ncc(CN)cc1C. The van der Waals surface area contributed by atoms with Gasteiger partial charge in [-0.3, -0.25) is 0 Å². The molecule has 0 bridgehead atoms. The van der Waals surface area contributed by atoms with E-state index in [9.17, 15) is 0 Å². The van der Waals surface area contributed by atoms with Crippen LogP contribution in [-0.2, 0) is 13.0 Å². The summed E-state index contributed by atoms with van der Waals surface area (Å²) in [6, 6.07) is 8.85. The van der Waals surface area contributed by atoms with Gasteiger partial charge in [0.15, 0.2) is 0 Å². The lowest BCUT2D eigenvalue weighted by atomic mass is 9.99. The van der Waals surface area contributed by atoms with Crippen LogP contribution in [0.1, 0.15) is 28.7 Å². The first-order chi connectivity index (χ1) is 9.69. The van der Waals surface area contributed by atoms with Gasteiger partial charge in [-0.1, -0.05) is 17.7 Å². The number of hydrogen-bond donors (Lipinski definition) is 1. The van der Waals surface area contributed by atoms with Crippen molar-refractivity contribution in [2.45, 2.75) is 33.2 Å². The second kappa shape index (κ2) is 5.25. The third-order valence-electron chi connectivity index (χ3n) is 3.95. The third kappa shape index (κ3) is 2.29. The molecule has 2 heterocycles. The molecule has 0 atom stereocenters. The van der Waals surface area contributed by atoms with E-state index < -0.39 is 0 Å². The van der Waals surface area contributed by atoms with Gasteiger partial charge in [-0.25, -0.2) is 4.98 Å². The second-order valence-electron chi connectivity index (χ2n) is 5.58. The molecule has 3 nitrogen and oxygen atoms in total. The predicted octanol–water partition coefficient (Wildman–Crippen LogP) is 3.24. The summed E-state index contributed by atoms with van der Waals surface area (Å²) in [7, 11) is 0. The van der Waals surface area contributed by atoms with Crippen LogP contribution in [0.3, 0.4) is 0 Å². The first-order valence-electron chi connectivity index (χ1n) is 7.21. The van der Waals surface area contributed by atoms with E-state index >= 15 is 0 Å². The van der Waals surface area contributed by atoms with Crippen LogP contribution < -0.4 is 10.6 Å². The van der Waals surface area contributed by atoms with E-state index in [0.717, 1.165) is 24.3 Å². The van der Waals surface area contributed by atoms with E-state index in [1.165, 1.54) is 28.8 Å². The van der Waals surface area contributed by atoms with Gasteiger partial charge in [0.25, 0.3) is 0 Å². The number of anilines is 2. The molecule has 0 radical (unpaired) electrons. The highest BCUT2D eigenvalue weighted by Crippen LogP contribution is 2.34. The summed E-state index contributed by atoms with van der Waals surface area (Å²) < 4.78 is 0. The lowest BCUT2D eigenvalue weighted by molar-refractivity contribution is 0.756. The van der Waals surface area contributed by atoms with Gasteiger partial charge in [0.2, 0.25) is 0 Å². The molecule has 0 saturated heterocycles. The largest absolute Gasteiger partial charge is 0.326 e. The van der Waals surface area contributed by atoms with Crippen LogP contribution in [0.4, 0.5) is 11.5 Å². The van der Waals surface area contributed by atoms with Crippen LogP contribution in [0.15, 0.2) is 30.5 Å². The Morgan fingerprint density at radius 2 is 2.10 bits per heavy atom. The monoisotopic (exact) mass is 267 g/mol. The van der Waals surface area contributed by atoms with E-state index in [1.807, 2.05) is 6.20 Å². The molecule has 104 valence electrons. The Bertz CT molecular complexity index is 634. The Hall–Kier alpha value is -1.87. The minimum atomic E-state index is 0.546. The Morgan fingerprint density at radius 3 is 2.85 bits per heavy atom. The van der Waals surface area contributed by atoms with E-state index in [2.05, 4.69) is 48.0 Å². The van der Waals surface area contributed by atoms with Crippen molar-refractivity contribution in [2.75, 3.05) is 11.4 Å². The lowest BCUT2D eigenvalue weighted by Gasteiger charge is -2.31. The maximum absolute atomic E-state index is 5.69. The van der Waals surface area contributed by atoms with Crippen LogP contribution in [0.5, 0.6) is 0 Å². The number of aryl methyl sites for hydroxylation is 3. The van der Waals surface area contributed by atoms with Crippen LogP contribution >= 0.6 is 0 Å². The summed E-state index contributed by atoms with van der Waals surface area (Å²) >= 11 is 0. The summed E-state index contributed by atoms with van der Waals surface area (Å²) in [5, 5.41) is 0. The van der Waals surface area contributed by atoms with Crippen molar-refractivity contribution in [3.05, 3.63) is 52.7 Å². The average Bonchev–Trinajstić information content (AvgIpc) is 2.46. The molecule has 2 aromatic rings. The molecule has 20 heavy (non-hydrogen) atoms. The summed E-state index contributed by atoms with van der Waals surface area (Å²) in [6.07, 6.45) is 4.23. The zero-order valence-electron chi connectivity index (χ0n) is 12.2. The van der Waals surface area contributed by atoms with Crippen molar-refractivity contribution in [1.82, 2.24) is 4.98 Å². The fourth-order valence-electron chi connectivity index (χ4n) is 2.97. The zero-order chi connectivity index (χ0) is 14.1. The van der Waals surface area contributed by atoms with Crippen molar-refractivity contribution in [2.24, 2.45) is 5.73 Å². The zero-order valence-corrected chi connectivity index (χ0v) is 12.2. The number of nitrogens with two attached hydrogens (primary N) is 1. The first kappa shape index (κ1) is 13.1. The van der Waals surface area contributed by atoms with Gasteiger partial charge in [0.1, 0.15) is 5.82 Å². The molecule has 0 unspecified atom stereocenters. The number of fused-ring (bicyclic) bond motifs is 1. The van der Waals surface area contributed by atoms with Crippen LogP contribution in [0.25, 0.3) is 0 Å². The Kier molecular flexibility index (Phi) is 3.45. The van der Waals surface area contributed by atoms with Crippen LogP contribution in [-0.4, -0.2) is 11.5 Å². The van der Waals surface area contributed by atoms with E-state index in [-0.39, 0.29) is 0 Å².